The molecule has 0 bridgehead atoms. The molecule has 1 aliphatic rings. The number of nitrogens with one attached hydrogen (secondary N) is 2. The van der Waals surface area contributed by atoms with Crippen molar-refractivity contribution >= 4 is 29.3 Å². The fourth-order valence-electron chi connectivity index (χ4n) is 3.28. The minimum atomic E-state index is 0. The van der Waals surface area contributed by atoms with Gasteiger partial charge in [0.05, 0.1) is 11.0 Å². The largest absolute Gasteiger partial charge is 0.354 e. The number of hydrogen-bond donors (Lipinski definition) is 2. The van der Waals surface area contributed by atoms with Gasteiger partial charge >= 0.3 is 0 Å². The third-order valence-electron chi connectivity index (χ3n) is 4.47. The minimum absolute atomic E-state index is 0. The van der Waals surface area contributed by atoms with E-state index in [1.54, 1.807) is 0 Å². The van der Waals surface area contributed by atoms with Crippen molar-refractivity contribution in [3.8, 4) is 0 Å². The Balaban J connectivity index is 0.00000192. The Bertz CT molecular complexity index is 670. The lowest BCUT2D eigenvalue weighted by atomic mass is 9.92. The van der Waals surface area contributed by atoms with Crippen molar-refractivity contribution in [2.75, 3.05) is 13.1 Å². The standard InChI is InChI=1S/C17H24N4O.ClH/c1-12-11-14(7-8-18-12)17(22)19-9-10-21-13(2)20-15-5-3-4-6-16(15)21;/h3-6,12,14,18H,7-11H2,1-2H3,(H,19,22);1H/t12-,14-;/m0./s1. The van der Waals surface area contributed by atoms with Crippen molar-refractivity contribution in [3.63, 3.8) is 0 Å². The van der Waals surface area contributed by atoms with Crippen molar-refractivity contribution in [3.05, 3.63) is 30.1 Å². The first-order chi connectivity index (χ1) is 10.6. The lowest BCUT2D eigenvalue weighted by Gasteiger charge is -2.27. The number of nitrogens with zero attached hydrogens (tertiary/aromatic N) is 2. The molecule has 2 atom stereocenters. The predicted molar refractivity (Wildman–Crippen MR) is 94.9 cm³/mol. The highest BCUT2D eigenvalue weighted by atomic mass is 35.5. The van der Waals surface area contributed by atoms with Crippen LogP contribution in [0, 0.1) is 12.8 Å². The van der Waals surface area contributed by atoms with E-state index in [-0.39, 0.29) is 24.2 Å². The smallest absolute Gasteiger partial charge is 0.223 e. The lowest BCUT2D eigenvalue weighted by molar-refractivity contribution is -0.126. The maximum Gasteiger partial charge on any atom is 0.223 e. The Morgan fingerprint density at radius 2 is 2.22 bits per heavy atom. The average Bonchev–Trinajstić information content (AvgIpc) is 2.83. The number of rotatable bonds is 4. The summed E-state index contributed by atoms with van der Waals surface area (Å²) in [6, 6.07) is 8.55. The zero-order chi connectivity index (χ0) is 15.5. The van der Waals surface area contributed by atoms with Gasteiger partial charge in [-0.2, -0.15) is 0 Å². The molecule has 1 aromatic carbocycles. The van der Waals surface area contributed by atoms with Gasteiger partial charge in [0, 0.05) is 25.0 Å². The van der Waals surface area contributed by atoms with E-state index in [0.717, 1.165) is 42.8 Å². The summed E-state index contributed by atoms with van der Waals surface area (Å²) >= 11 is 0. The van der Waals surface area contributed by atoms with Gasteiger partial charge in [-0.25, -0.2) is 4.98 Å². The molecule has 1 aliphatic heterocycles. The zero-order valence-electron chi connectivity index (χ0n) is 13.7. The Morgan fingerprint density at radius 3 is 3.00 bits per heavy atom. The summed E-state index contributed by atoms with van der Waals surface area (Å²) in [7, 11) is 0. The van der Waals surface area contributed by atoms with Crippen LogP contribution < -0.4 is 10.6 Å². The first kappa shape index (κ1) is 17.8. The van der Waals surface area contributed by atoms with E-state index in [2.05, 4.69) is 33.2 Å². The Morgan fingerprint density at radius 1 is 1.43 bits per heavy atom. The fourth-order valence-corrected chi connectivity index (χ4v) is 3.28. The molecule has 6 heteroatoms. The fraction of sp³-hybridized carbons (Fsp3) is 0.529. The number of fused-ring (bicyclic) bond motifs is 1. The maximum absolute atomic E-state index is 12.3. The molecule has 2 N–H and O–H groups in total. The number of aromatic nitrogens is 2. The van der Waals surface area contributed by atoms with E-state index in [0.29, 0.717) is 12.6 Å². The zero-order valence-corrected chi connectivity index (χ0v) is 14.5. The van der Waals surface area contributed by atoms with Gasteiger partial charge in [0.25, 0.3) is 0 Å². The van der Waals surface area contributed by atoms with Gasteiger partial charge in [-0.3, -0.25) is 4.79 Å². The normalized spacial score (nSPS) is 21.0. The highest BCUT2D eigenvalue weighted by molar-refractivity contribution is 5.85. The van der Waals surface area contributed by atoms with Crippen LogP contribution in [-0.2, 0) is 11.3 Å². The van der Waals surface area contributed by atoms with Crippen LogP contribution >= 0.6 is 12.4 Å². The van der Waals surface area contributed by atoms with Crippen LogP contribution in [0.3, 0.4) is 0 Å². The van der Waals surface area contributed by atoms with Crippen LogP contribution in [-0.4, -0.2) is 34.6 Å². The van der Waals surface area contributed by atoms with Crippen LogP contribution in [0.4, 0.5) is 0 Å². The molecule has 5 nitrogen and oxygen atoms in total. The minimum Gasteiger partial charge on any atom is -0.354 e. The van der Waals surface area contributed by atoms with E-state index in [1.165, 1.54) is 0 Å². The predicted octanol–water partition coefficient (Wildman–Crippen LogP) is 2.27. The van der Waals surface area contributed by atoms with Crippen LogP contribution in [0.5, 0.6) is 0 Å². The van der Waals surface area contributed by atoms with Gasteiger partial charge < -0.3 is 15.2 Å². The number of carbonyl (C=O) groups excluding carboxylic acids is 1. The van der Waals surface area contributed by atoms with E-state index >= 15 is 0 Å². The average molecular weight is 337 g/mol. The SMILES string of the molecule is Cc1nc2ccccc2n1CCNC(=O)[C@H]1CCN[C@@H](C)C1.Cl. The van der Waals surface area contributed by atoms with Crippen molar-refractivity contribution in [1.29, 1.82) is 0 Å². The molecule has 0 aliphatic carbocycles. The van der Waals surface area contributed by atoms with Gasteiger partial charge in [-0.15, -0.1) is 12.4 Å². The van der Waals surface area contributed by atoms with E-state index in [4.69, 9.17) is 0 Å². The number of amides is 1. The highest BCUT2D eigenvalue weighted by Gasteiger charge is 2.24. The molecule has 0 radical (unpaired) electrons. The van der Waals surface area contributed by atoms with Crippen LogP contribution in [0.15, 0.2) is 24.3 Å². The van der Waals surface area contributed by atoms with Crippen molar-refractivity contribution in [2.24, 2.45) is 5.92 Å². The van der Waals surface area contributed by atoms with Crippen molar-refractivity contribution in [2.45, 2.75) is 39.3 Å². The van der Waals surface area contributed by atoms with Gasteiger partial charge in [-0.05, 0) is 45.4 Å². The molecule has 1 aromatic heterocycles. The molecule has 126 valence electrons. The highest BCUT2D eigenvalue weighted by Crippen LogP contribution is 2.17. The summed E-state index contributed by atoms with van der Waals surface area (Å²) in [5.41, 5.74) is 2.14. The van der Waals surface area contributed by atoms with Crippen molar-refractivity contribution < 1.29 is 4.79 Å². The summed E-state index contributed by atoms with van der Waals surface area (Å²) < 4.78 is 2.17. The second kappa shape index (κ2) is 7.79. The topological polar surface area (TPSA) is 59.0 Å². The molecule has 2 aromatic rings. The van der Waals surface area contributed by atoms with E-state index < -0.39 is 0 Å². The summed E-state index contributed by atoms with van der Waals surface area (Å²) in [5.74, 6) is 1.33. The first-order valence-electron chi connectivity index (χ1n) is 8.08. The third-order valence-corrected chi connectivity index (χ3v) is 4.47. The van der Waals surface area contributed by atoms with E-state index in [9.17, 15) is 4.79 Å². The number of carbonyl (C=O) groups is 1. The van der Waals surface area contributed by atoms with Gasteiger partial charge in [0.15, 0.2) is 0 Å². The molecule has 23 heavy (non-hydrogen) atoms. The number of halogens is 1. The molecule has 0 spiro atoms. The molecule has 1 fully saturated rings. The second-order valence-corrected chi connectivity index (χ2v) is 6.17. The molecule has 0 unspecified atom stereocenters. The summed E-state index contributed by atoms with van der Waals surface area (Å²) in [5, 5.41) is 6.47. The monoisotopic (exact) mass is 336 g/mol. The molecule has 1 amide bonds. The number of imidazole rings is 1. The number of para-hydroxylation sites is 2. The van der Waals surface area contributed by atoms with Crippen LogP contribution in [0.25, 0.3) is 11.0 Å². The Labute approximate surface area is 143 Å². The molecule has 2 heterocycles. The lowest BCUT2D eigenvalue weighted by Crippen LogP contribution is -2.43. The molecule has 0 saturated carbocycles. The molecule has 3 rings (SSSR count). The number of aryl methyl sites for hydroxylation is 1. The second-order valence-electron chi connectivity index (χ2n) is 6.17. The number of benzene rings is 1. The summed E-state index contributed by atoms with van der Waals surface area (Å²) in [6.45, 7) is 6.50. The quantitative estimate of drug-likeness (QED) is 0.900. The number of hydrogen-bond acceptors (Lipinski definition) is 3. The molecule has 1 saturated heterocycles. The van der Waals surface area contributed by atoms with Gasteiger partial charge in [0.1, 0.15) is 5.82 Å². The maximum atomic E-state index is 12.3. The third kappa shape index (κ3) is 4.03. The van der Waals surface area contributed by atoms with E-state index in [1.807, 2.05) is 25.1 Å². The molecular formula is C17H25ClN4O. The Hall–Kier alpha value is -1.59. The van der Waals surface area contributed by atoms with Crippen LogP contribution in [0.1, 0.15) is 25.6 Å². The number of piperidine rings is 1. The van der Waals surface area contributed by atoms with Crippen molar-refractivity contribution in [1.82, 2.24) is 20.2 Å². The summed E-state index contributed by atoms with van der Waals surface area (Å²) in [6.07, 6.45) is 1.86. The van der Waals surface area contributed by atoms with Gasteiger partial charge in [-0.1, -0.05) is 12.1 Å². The molecular weight excluding hydrogens is 312 g/mol. The van der Waals surface area contributed by atoms with Gasteiger partial charge in [0.2, 0.25) is 5.91 Å². The Kier molecular flexibility index (Phi) is 6.02. The first-order valence-corrected chi connectivity index (χ1v) is 8.08. The van der Waals surface area contributed by atoms with Crippen LogP contribution in [0.2, 0.25) is 0 Å². The summed E-state index contributed by atoms with van der Waals surface area (Å²) in [4.78, 5) is 16.8.